The highest BCUT2D eigenvalue weighted by atomic mass is 16.7. The SMILES string of the molecule is CC(C)(C)B1OB(c2cccc(C(C)(C)C)c2N2CN(c3cncc(Oc4ccc5c6ccccc6n(-c6cc(C(C)(C)C)ccn6)c5c4)c3)c3ccccc32)OB(C(C)(C)C)O1. The third-order valence-electron chi connectivity index (χ3n) is 12.0. The van der Waals surface area contributed by atoms with Crippen LogP contribution in [0.15, 0.2) is 122 Å². The van der Waals surface area contributed by atoms with Gasteiger partial charge < -0.3 is 28.3 Å². The maximum absolute atomic E-state index is 6.78. The van der Waals surface area contributed by atoms with Gasteiger partial charge >= 0.3 is 21.4 Å². The van der Waals surface area contributed by atoms with Crippen molar-refractivity contribution >= 4 is 71.4 Å². The van der Waals surface area contributed by atoms with Crippen LogP contribution in [0.1, 0.15) is 94.2 Å². The topological polar surface area (TPSA) is 74.1 Å². The van der Waals surface area contributed by atoms with Crippen molar-refractivity contribution in [3.8, 4) is 17.3 Å². The van der Waals surface area contributed by atoms with E-state index < -0.39 is 21.4 Å². The van der Waals surface area contributed by atoms with Crippen LogP contribution in [0.5, 0.6) is 11.5 Å². The fourth-order valence-corrected chi connectivity index (χ4v) is 8.70. The number of aromatic nitrogens is 3. The van der Waals surface area contributed by atoms with Crippen LogP contribution in [0.4, 0.5) is 22.7 Å². The lowest BCUT2D eigenvalue weighted by molar-refractivity contribution is 0.250. The number of anilines is 4. The highest BCUT2D eigenvalue weighted by Crippen LogP contribution is 2.48. The van der Waals surface area contributed by atoms with Gasteiger partial charge in [-0.2, -0.15) is 0 Å². The van der Waals surface area contributed by atoms with Gasteiger partial charge in [-0.25, -0.2) is 4.98 Å². The number of nitrogens with zero attached hydrogens (tertiary/aromatic N) is 5. The van der Waals surface area contributed by atoms with Gasteiger partial charge in [0.1, 0.15) is 24.0 Å². The van der Waals surface area contributed by atoms with Crippen LogP contribution in [0.3, 0.4) is 0 Å². The molecule has 0 aliphatic carbocycles. The molecule has 9 rings (SSSR count). The molecule has 0 radical (unpaired) electrons. The van der Waals surface area contributed by atoms with Crippen LogP contribution in [0.2, 0.25) is 10.6 Å². The number of ether oxygens (including phenoxy) is 1. The first-order valence-corrected chi connectivity index (χ1v) is 22.1. The maximum Gasteiger partial charge on any atom is 0.468 e. The Morgan fingerprint density at radius 2 is 1.25 bits per heavy atom. The lowest BCUT2D eigenvalue weighted by atomic mass is 9.50. The first-order valence-electron chi connectivity index (χ1n) is 22.1. The van der Waals surface area contributed by atoms with Crippen molar-refractivity contribution < 1.29 is 18.5 Å². The summed E-state index contributed by atoms with van der Waals surface area (Å²) in [7, 11) is -1.59. The minimum atomic E-state index is -0.654. The third kappa shape index (κ3) is 8.13. The normalized spacial score (nSPS) is 15.2. The van der Waals surface area contributed by atoms with E-state index in [-0.39, 0.29) is 21.5 Å². The van der Waals surface area contributed by atoms with Crippen molar-refractivity contribution in [2.24, 2.45) is 0 Å². The first-order chi connectivity index (χ1) is 29.8. The van der Waals surface area contributed by atoms with Crippen LogP contribution in [-0.4, -0.2) is 42.6 Å². The number of benzene rings is 4. The Morgan fingerprint density at radius 3 is 1.94 bits per heavy atom. The number of hydrogen-bond acceptors (Lipinski definition) is 8. The van der Waals surface area contributed by atoms with Crippen molar-refractivity contribution in [2.75, 3.05) is 16.5 Å². The Morgan fingerprint density at radius 1 is 0.587 bits per heavy atom. The van der Waals surface area contributed by atoms with E-state index >= 15 is 0 Å². The zero-order valence-corrected chi connectivity index (χ0v) is 38.9. The summed E-state index contributed by atoms with van der Waals surface area (Å²) in [6.45, 7) is 26.9. The van der Waals surface area contributed by atoms with E-state index in [1.54, 1.807) is 6.20 Å². The van der Waals surface area contributed by atoms with E-state index in [0.717, 1.165) is 55.8 Å². The quantitative estimate of drug-likeness (QED) is 0.153. The van der Waals surface area contributed by atoms with Crippen molar-refractivity contribution in [2.45, 2.75) is 105 Å². The number of hydrogen-bond donors (Lipinski definition) is 0. The van der Waals surface area contributed by atoms with Gasteiger partial charge in [0.05, 0.1) is 40.5 Å². The Kier molecular flexibility index (Phi) is 10.6. The predicted octanol–water partition coefficient (Wildman–Crippen LogP) is 12.5. The fourth-order valence-electron chi connectivity index (χ4n) is 8.70. The molecule has 5 heterocycles. The molecule has 12 heteroatoms. The maximum atomic E-state index is 6.78. The summed E-state index contributed by atoms with van der Waals surface area (Å²) in [5.74, 6) is 2.23. The number of pyridine rings is 2. The molecule has 1 saturated heterocycles. The van der Waals surface area contributed by atoms with Gasteiger partial charge in [-0.05, 0) is 75.1 Å². The molecule has 2 aliphatic rings. The van der Waals surface area contributed by atoms with Crippen LogP contribution in [0.25, 0.3) is 27.6 Å². The average molecular weight is 837 g/mol. The second kappa shape index (κ2) is 15.6. The molecule has 1 fully saturated rings. The molecule has 63 heavy (non-hydrogen) atoms. The second-order valence-corrected chi connectivity index (χ2v) is 21.3. The Labute approximate surface area is 374 Å². The molecule has 0 amide bonds. The summed E-state index contributed by atoms with van der Waals surface area (Å²) in [4.78, 5) is 14.3. The summed E-state index contributed by atoms with van der Waals surface area (Å²) < 4.78 is 29.0. The van der Waals surface area contributed by atoms with Gasteiger partial charge in [0.25, 0.3) is 0 Å². The fraction of sp³-hybridized carbons (Fsp3) is 0.333. The minimum absolute atomic E-state index is 0.0208. The van der Waals surface area contributed by atoms with E-state index in [1.165, 1.54) is 11.1 Å². The molecule has 3 aromatic heterocycles. The number of fused-ring (bicyclic) bond motifs is 4. The summed E-state index contributed by atoms with van der Waals surface area (Å²) in [6.07, 6.45) is 5.60. The molecule has 0 unspecified atom stereocenters. The smallest absolute Gasteiger partial charge is 0.456 e. The van der Waals surface area contributed by atoms with Gasteiger partial charge in [-0.1, -0.05) is 132 Å². The Bertz CT molecular complexity index is 2810. The van der Waals surface area contributed by atoms with Crippen molar-refractivity contribution in [1.82, 2.24) is 14.5 Å². The third-order valence-corrected chi connectivity index (χ3v) is 12.0. The highest BCUT2D eigenvalue weighted by Gasteiger charge is 2.52. The molecule has 4 aromatic carbocycles. The minimum Gasteiger partial charge on any atom is -0.456 e. The van der Waals surface area contributed by atoms with Crippen LogP contribution >= 0.6 is 0 Å². The monoisotopic (exact) mass is 837 g/mol. The van der Waals surface area contributed by atoms with Gasteiger partial charge in [0.2, 0.25) is 0 Å². The average Bonchev–Trinajstić information content (AvgIpc) is 3.78. The van der Waals surface area contributed by atoms with Crippen LogP contribution in [0, 0.1) is 0 Å². The molecule has 9 nitrogen and oxygen atoms in total. The molecular formula is C51H58B3N5O4. The molecule has 0 bridgehead atoms. The predicted molar refractivity (Wildman–Crippen MR) is 262 cm³/mol. The largest absolute Gasteiger partial charge is 0.468 e. The Balaban J connectivity index is 1.09. The molecule has 0 saturated carbocycles. The molecule has 0 spiro atoms. The highest BCUT2D eigenvalue weighted by molar-refractivity contribution is 6.81. The molecular weight excluding hydrogens is 779 g/mol. The zero-order chi connectivity index (χ0) is 44.6. The van der Waals surface area contributed by atoms with Crippen molar-refractivity contribution in [3.63, 3.8) is 0 Å². The van der Waals surface area contributed by atoms with Gasteiger partial charge in [-0.3, -0.25) is 9.55 Å². The Hall–Kier alpha value is -5.55. The van der Waals surface area contributed by atoms with E-state index in [0.29, 0.717) is 18.2 Å². The molecule has 7 aromatic rings. The summed E-state index contributed by atoms with van der Waals surface area (Å²) in [6, 6.07) is 36.2. The van der Waals surface area contributed by atoms with Gasteiger partial charge in [0, 0.05) is 40.3 Å². The van der Waals surface area contributed by atoms with E-state index in [9.17, 15) is 0 Å². The van der Waals surface area contributed by atoms with Crippen LogP contribution in [-0.2, 0) is 24.5 Å². The molecule has 0 N–H and O–H groups in total. The molecule has 2 aliphatic heterocycles. The van der Waals surface area contributed by atoms with Crippen LogP contribution < -0.4 is 20.0 Å². The van der Waals surface area contributed by atoms with E-state index in [2.05, 4.69) is 195 Å². The van der Waals surface area contributed by atoms with E-state index in [1.807, 2.05) is 18.5 Å². The van der Waals surface area contributed by atoms with E-state index in [4.69, 9.17) is 28.4 Å². The van der Waals surface area contributed by atoms with Gasteiger partial charge in [-0.15, -0.1) is 0 Å². The van der Waals surface area contributed by atoms with Gasteiger partial charge in [0.15, 0.2) is 0 Å². The lowest BCUT2D eigenvalue weighted by Gasteiger charge is -2.42. The zero-order valence-electron chi connectivity index (χ0n) is 38.9. The standard InChI is InChI=1S/C51H58B3N5O4/c1-48(2,3)34-26-27-56-46(28-34)59-42-21-14-13-18-38(42)39-25-24-36(30-45(39)59)60-37-29-35(31-55-32-37)57-33-58(44-23-16-15-22-43(44)57)47-40(49(4,5)6)19-17-20-41(47)52-61-53(50(7,8)9)63-54(62-52)51(10,11)12/h13-32H,33H2,1-12H3. The second-order valence-electron chi connectivity index (χ2n) is 21.3. The lowest BCUT2D eigenvalue weighted by Crippen LogP contribution is -2.59. The number of rotatable bonds is 6. The summed E-state index contributed by atoms with van der Waals surface area (Å²) in [5.41, 5.74) is 9.41. The first kappa shape index (κ1) is 42.7. The summed E-state index contributed by atoms with van der Waals surface area (Å²) in [5, 5.41) is 1.75. The summed E-state index contributed by atoms with van der Waals surface area (Å²) >= 11 is 0. The molecule has 320 valence electrons. The van der Waals surface area contributed by atoms with Crippen molar-refractivity contribution in [1.29, 1.82) is 0 Å². The molecule has 0 atom stereocenters. The number of para-hydroxylation sites is 4. The van der Waals surface area contributed by atoms with Crippen molar-refractivity contribution in [3.05, 3.63) is 133 Å².